The number of nitrogens with zero attached hydrogens (tertiary/aromatic N) is 5. The Morgan fingerprint density at radius 1 is 1.23 bits per heavy atom. The van der Waals surface area contributed by atoms with Crippen LogP contribution >= 0.6 is 11.3 Å². The van der Waals surface area contributed by atoms with Gasteiger partial charge in [-0.3, -0.25) is 4.79 Å². The van der Waals surface area contributed by atoms with E-state index in [9.17, 15) is 9.18 Å². The number of halogens is 1. The van der Waals surface area contributed by atoms with Gasteiger partial charge < -0.3 is 9.88 Å². The molecule has 0 saturated carbocycles. The van der Waals surface area contributed by atoms with Crippen molar-refractivity contribution in [2.75, 3.05) is 6.54 Å². The molecule has 1 N–H and O–H groups in total. The summed E-state index contributed by atoms with van der Waals surface area (Å²) in [6.45, 7) is 0.491. The zero-order valence-corrected chi connectivity index (χ0v) is 16.4. The van der Waals surface area contributed by atoms with E-state index in [0.717, 1.165) is 21.6 Å². The number of carbonyl (C=O) groups is 1. The van der Waals surface area contributed by atoms with E-state index >= 15 is 0 Å². The summed E-state index contributed by atoms with van der Waals surface area (Å²) < 4.78 is 16.7. The molecule has 0 saturated heterocycles. The van der Waals surface area contributed by atoms with Crippen LogP contribution < -0.4 is 0 Å². The molecule has 5 heterocycles. The van der Waals surface area contributed by atoms with E-state index in [2.05, 4.69) is 20.1 Å². The molecule has 1 amide bonds. The minimum absolute atomic E-state index is 0.174. The third-order valence-electron chi connectivity index (χ3n) is 5.41. The van der Waals surface area contributed by atoms with E-state index in [1.54, 1.807) is 29.6 Å². The second-order valence-corrected chi connectivity index (χ2v) is 8.19. The molecule has 1 aliphatic rings. The highest BCUT2D eigenvalue weighted by Gasteiger charge is 2.37. The molecule has 6 rings (SSSR count). The van der Waals surface area contributed by atoms with Crippen LogP contribution in [0.25, 0.3) is 15.7 Å². The number of rotatable bonds is 2. The molecule has 148 valence electrons. The molecule has 0 bridgehead atoms. The van der Waals surface area contributed by atoms with Gasteiger partial charge in [0.15, 0.2) is 5.01 Å². The maximum absolute atomic E-state index is 14.3. The Morgan fingerprint density at radius 3 is 3.00 bits per heavy atom. The number of pyridine rings is 1. The zero-order chi connectivity index (χ0) is 20.2. The summed E-state index contributed by atoms with van der Waals surface area (Å²) in [7, 11) is 0. The van der Waals surface area contributed by atoms with Gasteiger partial charge in [0.1, 0.15) is 17.4 Å². The number of H-pyrrole nitrogens is 1. The van der Waals surface area contributed by atoms with Crippen molar-refractivity contribution in [1.82, 2.24) is 29.5 Å². The smallest absolute Gasteiger partial charge is 0.283 e. The summed E-state index contributed by atoms with van der Waals surface area (Å²) in [5, 5.41) is 4.98. The second-order valence-electron chi connectivity index (χ2n) is 7.16. The lowest BCUT2D eigenvalue weighted by Gasteiger charge is -2.33. The molecule has 7 nitrogen and oxygen atoms in total. The van der Waals surface area contributed by atoms with Crippen LogP contribution in [0.1, 0.15) is 32.9 Å². The van der Waals surface area contributed by atoms with Crippen molar-refractivity contribution < 1.29 is 9.18 Å². The maximum atomic E-state index is 14.3. The first-order chi connectivity index (χ1) is 14.7. The number of benzene rings is 1. The number of aromatic amines is 1. The third-order valence-corrected chi connectivity index (χ3v) is 6.44. The van der Waals surface area contributed by atoms with Gasteiger partial charge in [-0.25, -0.2) is 18.9 Å². The van der Waals surface area contributed by atoms with Crippen LogP contribution in [-0.4, -0.2) is 41.9 Å². The predicted octanol–water partition coefficient (Wildman–Crippen LogP) is 3.59. The Morgan fingerprint density at radius 2 is 2.13 bits per heavy atom. The van der Waals surface area contributed by atoms with E-state index in [0.29, 0.717) is 29.2 Å². The molecule has 0 unspecified atom stereocenters. The van der Waals surface area contributed by atoms with Crippen LogP contribution in [-0.2, 0) is 6.42 Å². The number of nitrogens with one attached hydrogen (secondary N) is 1. The Bertz CT molecular complexity index is 1390. The van der Waals surface area contributed by atoms with E-state index < -0.39 is 6.04 Å². The minimum Gasteiger partial charge on any atom is -0.348 e. The lowest BCUT2D eigenvalue weighted by Crippen LogP contribution is -2.41. The zero-order valence-electron chi connectivity index (χ0n) is 15.6. The number of amides is 1. The number of hydrogen-bond donors (Lipinski definition) is 1. The average molecular weight is 418 g/mol. The number of para-hydroxylation sites is 1. The molecule has 1 atom stereocenters. The summed E-state index contributed by atoms with van der Waals surface area (Å²) in [6.07, 6.45) is 3.97. The molecular formula is C21H15FN6OS. The molecule has 1 aromatic carbocycles. The predicted molar refractivity (Wildman–Crippen MR) is 110 cm³/mol. The van der Waals surface area contributed by atoms with Crippen molar-refractivity contribution in [2.24, 2.45) is 0 Å². The van der Waals surface area contributed by atoms with Crippen molar-refractivity contribution in [3.05, 3.63) is 82.9 Å². The van der Waals surface area contributed by atoms with Crippen LogP contribution in [0.2, 0.25) is 0 Å². The van der Waals surface area contributed by atoms with Gasteiger partial charge in [-0.1, -0.05) is 12.1 Å². The number of fused-ring (bicyclic) bond motifs is 3. The average Bonchev–Trinajstić information content (AvgIpc) is 3.49. The van der Waals surface area contributed by atoms with Gasteiger partial charge >= 0.3 is 0 Å². The largest absolute Gasteiger partial charge is 0.348 e. The Hall–Kier alpha value is -3.59. The Kier molecular flexibility index (Phi) is 3.72. The highest BCUT2D eigenvalue weighted by atomic mass is 32.1. The summed E-state index contributed by atoms with van der Waals surface area (Å²) in [6, 6.07) is 11.8. The molecule has 4 aromatic heterocycles. The molecule has 9 heteroatoms. The number of carbonyl (C=O) groups excluding carboxylic acids is 1. The van der Waals surface area contributed by atoms with Crippen molar-refractivity contribution in [3.63, 3.8) is 0 Å². The topological polar surface area (TPSA) is 79.2 Å². The van der Waals surface area contributed by atoms with Crippen molar-refractivity contribution in [3.8, 4) is 0 Å². The van der Waals surface area contributed by atoms with Crippen LogP contribution in [0.3, 0.4) is 0 Å². The number of imidazole rings is 1. The van der Waals surface area contributed by atoms with E-state index in [1.807, 2.05) is 24.3 Å². The summed E-state index contributed by atoms with van der Waals surface area (Å²) in [4.78, 5) is 27.4. The molecule has 0 fully saturated rings. The highest BCUT2D eigenvalue weighted by molar-refractivity contribution is 7.20. The van der Waals surface area contributed by atoms with Gasteiger partial charge in [-0.05, 0) is 30.3 Å². The first-order valence-electron chi connectivity index (χ1n) is 9.51. The quantitative estimate of drug-likeness (QED) is 0.475. The van der Waals surface area contributed by atoms with Crippen LogP contribution in [0.15, 0.2) is 55.0 Å². The summed E-state index contributed by atoms with van der Waals surface area (Å²) in [5.74, 6) is -0.536. The van der Waals surface area contributed by atoms with Gasteiger partial charge in [0.2, 0.25) is 0 Å². The Labute approximate surface area is 173 Å². The summed E-state index contributed by atoms with van der Waals surface area (Å²) >= 11 is 1.37. The van der Waals surface area contributed by atoms with Gasteiger partial charge in [0.05, 0.1) is 27.9 Å². The minimum atomic E-state index is -0.515. The first-order valence-corrected chi connectivity index (χ1v) is 10.3. The fourth-order valence-electron chi connectivity index (χ4n) is 4.01. The van der Waals surface area contributed by atoms with Gasteiger partial charge in [-0.2, -0.15) is 5.10 Å². The SMILES string of the molecule is O=C(c1nc2ccccc2s1)N1CCc2[nH]cnc2[C@H]1c1cc2c(F)cccn2n1. The highest BCUT2D eigenvalue weighted by Crippen LogP contribution is 2.35. The van der Waals surface area contributed by atoms with Crippen molar-refractivity contribution >= 4 is 33.0 Å². The molecular weight excluding hydrogens is 403 g/mol. The fourth-order valence-corrected chi connectivity index (χ4v) is 4.94. The van der Waals surface area contributed by atoms with Crippen molar-refractivity contribution in [2.45, 2.75) is 12.5 Å². The van der Waals surface area contributed by atoms with Crippen LogP contribution in [0.4, 0.5) is 4.39 Å². The maximum Gasteiger partial charge on any atom is 0.283 e. The van der Waals surface area contributed by atoms with E-state index in [1.165, 1.54) is 21.9 Å². The number of thiazole rings is 1. The molecule has 0 spiro atoms. The summed E-state index contributed by atoms with van der Waals surface area (Å²) in [5.41, 5.74) is 3.44. The fraction of sp³-hybridized carbons (Fsp3) is 0.143. The van der Waals surface area contributed by atoms with Gasteiger partial charge in [0.25, 0.3) is 5.91 Å². The first kappa shape index (κ1) is 17.3. The molecule has 0 radical (unpaired) electrons. The van der Waals surface area contributed by atoms with Crippen LogP contribution in [0, 0.1) is 5.82 Å². The Balaban J connectivity index is 1.48. The lowest BCUT2D eigenvalue weighted by atomic mass is 9.99. The molecule has 5 aromatic rings. The standard InChI is InChI=1S/C21H15FN6OS/c22-12-4-3-8-28-16(12)10-15(26-28)19-18-14(23-11-24-18)7-9-27(19)21(29)20-25-13-5-1-2-6-17(13)30-20/h1-6,8,10-11,19H,7,9H2,(H,23,24)/t19-/m1/s1. The van der Waals surface area contributed by atoms with Gasteiger partial charge in [-0.15, -0.1) is 11.3 Å². The second kappa shape index (κ2) is 6.46. The normalized spacial score (nSPS) is 16.3. The molecule has 1 aliphatic heterocycles. The van der Waals surface area contributed by atoms with E-state index in [-0.39, 0.29) is 11.7 Å². The van der Waals surface area contributed by atoms with E-state index in [4.69, 9.17) is 0 Å². The van der Waals surface area contributed by atoms with Gasteiger partial charge in [0, 0.05) is 24.9 Å². The van der Waals surface area contributed by atoms with Crippen LogP contribution in [0.5, 0.6) is 0 Å². The molecule has 30 heavy (non-hydrogen) atoms. The number of hydrogen-bond acceptors (Lipinski definition) is 5. The monoisotopic (exact) mass is 418 g/mol. The number of aromatic nitrogens is 5. The third kappa shape index (κ3) is 2.55. The lowest BCUT2D eigenvalue weighted by molar-refractivity contribution is 0.0687. The van der Waals surface area contributed by atoms with Crippen molar-refractivity contribution in [1.29, 1.82) is 0 Å². The molecule has 0 aliphatic carbocycles.